The van der Waals surface area contributed by atoms with Crippen molar-refractivity contribution >= 4 is 11.8 Å². The minimum Gasteiger partial charge on any atom is -0.278 e. The molecule has 0 aromatic carbocycles. The van der Waals surface area contributed by atoms with Crippen molar-refractivity contribution in [2.75, 3.05) is 0 Å². The van der Waals surface area contributed by atoms with Gasteiger partial charge in [0.05, 0.1) is 12.0 Å². The number of hydrogen-bond donors (Lipinski definition) is 0. The number of amides is 2. The van der Waals surface area contributed by atoms with Crippen molar-refractivity contribution in [2.45, 2.75) is 46.1 Å². The van der Waals surface area contributed by atoms with Crippen LogP contribution in [0.4, 0.5) is 0 Å². The zero-order chi connectivity index (χ0) is 10.5. The molecule has 2 rings (SSSR count). The van der Waals surface area contributed by atoms with Crippen LogP contribution in [0.15, 0.2) is 0 Å². The summed E-state index contributed by atoms with van der Waals surface area (Å²) in [6, 6.07) is 0.231. The Hall–Kier alpha value is -0.860. The summed E-state index contributed by atoms with van der Waals surface area (Å²) in [5.41, 5.74) is -0.427. The topological polar surface area (TPSA) is 37.4 Å². The number of hydrogen-bond acceptors (Lipinski definition) is 2. The first-order valence-electron chi connectivity index (χ1n) is 5.30. The molecule has 2 atom stereocenters. The van der Waals surface area contributed by atoms with Crippen molar-refractivity contribution < 1.29 is 9.59 Å². The van der Waals surface area contributed by atoms with Crippen LogP contribution in [0.1, 0.15) is 40.0 Å². The largest absolute Gasteiger partial charge is 0.278 e. The predicted molar refractivity (Wildman–Crippen MR) is 52.4 cm³/mol. The van der Waals surface area contributed by atoms with Crippen molar-refractivity contribution in [3.8, 4) is 0 Å². The second kappa shape index (κ2) is 2.81. The van der Waals surface area contributed by atoms with E-state index in [0.29, 0.717) is 0 Å². The summed E-state index contributed by atoms with van der Waals surface area (Å²) in [4.78, 5) is 25.0. The van der Waals surface area contributed by atoms with Gasteiger partial charge in [-0.05, 0) is 12.8 Å². The molecule has 3 heteroatoms. The fourth-order valence-corrected chi connectivity index (χ4v) is 2.41. The van der Waals surface area contributed by atoms with Crippen LogP contribution in [0.25, 0.3) is 0 Å². The van der Waals surface area contributed by atoms with Gasteiger partial charge in [0.15, 0.2) is 0 Å². The number of carbonyl (C=O) groups is 2. The number of rotatable bonds is 0. The molecular weight excluding hydrogens is 178 g/mol. The second-order valence-corrected chi connectivity index (χ2v) is 5.37. The quantitative estimate of drug-likeness (QED) is 0.550. The average Bonchev–Trinajstić information content (AvgIpc) is 2.46. The van der Waals surface area contributed by atoms with Crippen molar-refractivity contribution in [1.29, 1.82) is 0 Å². The van der Waals surface area contributed by atoms with E-state index in [1.54, 1.807) is 0 Å². The van der Waals surface area contributed by atoms with Gasteiger partial charge >= 0.3 is 0 Å². The van der Waals surface area contributed by atoms with Crippen molar-refractivity contribution in [1.82, 2.24) is 4.90 Å². The summed E-state index contributed by atoms with van der Waals surface area (Å²) >= 11 is 0. The van der Waals surface area contributed by atoms with E-state index in [-0.39, 0.29) is 23.8 Å². The van der Waals surface area contributed by atoms with Crippen LogP contribution in [0, 0.1) is 11.3 Å². The predicted octanol–water partition coefficient (Wildman–Crippen LogP) is 1.57. The molecule has 2 aliphatic rings. The lowest BCUT2D eigenvalue weighted by atomic mass is 9.85. The van der Waals surface area contributed by atoms with Gasteiger partial charge in [0.1, 0.15) is 0 Å². The first-order valence-corrected chi connectivity index (χ1v) is 5.30. The molecule has 14 heavy (non-hydrogen) atoms. The Labute approximate surface area is 84.5 Å². The molecule has 2 unspecified atom stereocenters. The van der Waals surface area contributed by atoms with E-state index >= 15 is 0 Å². The third-order valence-corrected chi connectivity index (χ3v) is 3.23. The van der Waals surface area contributed by atoms with Crippen molar-refractivity contribution in [3.63, 3.8) is 0 Å². The fourth-order valence-electron chi connectivity index (χ4n) is 2.41. The first-order chi connectivity index (χ1) is 6.43. The lowest BCUT2D eigenvalue weighted by molar-refractivity contribution is -0.168. The maximum atomic E-state index is 11.9. The molecule has 0 N–H and O–H groups in total. The Morgan fingerprint density at radius 1 is 1.36 bits per heavy atom. The highest BCUT2D eigenvalue weighted by atomic mass is 16.2. The minimum absolute atomic E-state index is 0.00866. The second-order valence-electron chi connectivity index (χ2n) is 5.37. The van der Waals surface area contributed by atoms with E-state index in [0.717, 1.165) is 19.3 Å². The Balaban J connectivity index is 2.14. The van der Waals surface area contributed by atoms with Crippen LogP contribution in [0.3, 0.4) is 0 Å². The molecule has 0 bridgehead atoms. The zero-order valence-electron chi connectivity index (χ0n) is 9.04. The SMILES string of the molecule is CC(C)(C)C(=O)N1C(=O)C2CCCC21. The van der Waals surface area contributed by atoms with Gasteiger partial charge in [-0.3, -0.25) is 14.5 Å². The van der Waals surface area contributed by atoms with Crippen LogP contribution in [0.2, 0.25) is 0 Å². The Kier molecular flexibility index (Phi) is 1.95. The van der Waals surface area contributed by atoms with Crippen LogP contribution < -0.4 is 0 Å². The van der Waals surface area contributed by atoms with Gasteiger partial charge in [-0.25, -0.2) is 0 Å². The van der Waals surface area contributed by atoms with Crippen LogP contribution >= 0.6 is 0 Å². The molecule has 1 saturated heterocycles. The van der Waals surface area contributed by atoms with Crippen molar-refractivity contribution in [3.05, 3.63) is 0 Å². The molecule has 78 valence electrons. The van der Waals surface area contributed by atoms with Gasteiger partial charge in [0.25, 0.3) is 0 Å². The molecule has 0 aromatic rings. The minimum atomic E-state index is -0.427. The fraction of sp³-hybridized carbons (Fsp3) is 0.818. The molecular formula is C11H17NO2. The van der Waals surface area contributed by atoms with Crippen LogP contribution in [0.5, 0.6) is 0 Å². The molecule has 1 aliphatic carbocycles. The first kappa shape index (κ1) is 9.69. The molecule has 0 spiro atoms. The van der Waals surface area contributed by atoms with Gasteiger partial charge in [0, 0.05) is 5.41 Å². The number of imide groups is 1. The van der Waals surface area contributed by atoms with Gasteiger partial charge < -0.3 is 0 Å². The highest BCUT2D eigenvalue weighted by Crippen LogP contribution is 2.41. The molecule has 0 aromatic heterocycles. The summed E-state index contributed by atoms with van der Waals surface area (Å²) in [7, 11) is 0. The molecule has 1 heterocycles. The van der Waals surface area contributed by atoms with E-state index in [1.165, 1.54) is 4.90 Å². The highest BCUT2D eigenvalue weighted by Gasteiger charge is 2.54. The molecule has 3 nitrogen and oxygen atoms in total. The van der Waals surface area contributed by atoms with E-state index < -0.39 is 5.41 Å². The van der Waals surface area contributed by atoms with Gasteiger partial charge in [-0.15, -0.1) is 0 Å². The lowest BCUT2D eigenvalue weighted by Gasteiger charge is -2.44. The van der Waals surface area contributed by atoms with Gasteiger partial charge in [0.2, 0.25) is 11.8 Å². The van der Waals surface area contributed by atoms with E-state index in [4.69, 9.17) is 0 Å². The van der Waals surface area contributed by atoms with Crippen molar-refractivity contribution in [2.24, 2.45) is 11.3 Å². The number of nitrogens with zero attached hydrogens (tertiary/aromatic N) is 1. The third kappa shape index (κ3) is 1.18. The normalized spacial score (nSPS) is 31.4. The lowest BCUT2D eigenvalue weighted by Crippen LogP contribution is -2.63. The Morgan fingerprint density at radius 3 is 2.57 bits per heavy atom. The Bertz CT molecular complexity index is 290. The summed E-state index contributed by atoms with van der Waals surface area (Å²) < 4.78 is 0. The molecule has 1 saturated carbocycles. The third-order valence-electron chi connectivity index (χ3n) is 3.23. The van der Waals surface area contributed by atoms with Gasteiger partial charge in [-0.2, -0.15) is 0 Å². The zero-order valence-corrected chi connectivity index (χ0v) is 9.04. The molecule has 2 amide bonds. The smallest absolute Gasteiger partial charge is 0.234 e. The Morgan fingerprint density at radius 2 is 2.00 bits per heavy atom. The number of β-lactam (4-membered cyclic amide) rings is 1. The summed E-state index contributed by atoms with van der Waals surface area (Å²) in [5, 5.41) is 0. The number of likely N-dealkylation sites (tertiary alicyclic amines) is 1. The molecule has 2 fully saturated rings. The van der Waals surface area contributed by atoms with Gasteiger partial charge in [-0.1, -0.05) is 27.2 Å². The van der Waals surface area contributed by atoms with Crippen LogP contribution in [-0.2, 0) is 9.59 Å². The highest BCUT2D eigenvalue weighted by molar-refractivity contribution is 6.03. The maximum Gasteiger partial charge on any atom is 0.234 e. The number of carbonyl (C=O) groups excluding carboxylic acids is 2. The average molecular weight is 195 g/mol. The molecule has 0 radical (unpaired) electrons. The summed E-state index contributed by atoms with van der Waals surface area (Å²) in [6.07, 6.45) is 3.09. The van der Waals surface area contributed by atoms with E-state index in [9.17, 15) is 9.59 Å². The standard InChI is InChI=1S/C11H17NO2/c1-11(2,3)10(14)12-8-6-4-5-7(8)9(12)13/h7-8H,4-6H2,1-3H3. The van der Waals surface area contributed by atoms with E-state index in [2.05, 4.69) is 0 Å². The summed E-state index contributed by atoms with van der Waals surface area (Å²) in [5.74, 6) is 0.222. The summed E-state index contributed by atoms with van der Waals surface area (Å²) in [6.45, 7) is 5.60. The monoisotopic (exact) mass is 195 g/mol. The van der Waals surface area contributed by atoms with E-state index in [1.807, 2.05) is 20.8 Å². The number of fused-ring (bicyclic) bond motifs is 1. The van der Waals surface area contributed by atoms with Crippen LogP contribution in [-0.4, -0.2) is 22.8 Å². The molecule has 1 aliphatic heterocycles. The maximum absolute atomic E-state index is 11.9.